The lowest BCUT2D eigenvalue weighted by atomic mass is 10.1. The molecular formula is C20H22FN3O2. The van der Waals surface area contributed by atoms with Crippen molar-refractivity contribution in [3.8, 4) is 0 Å². The number of carbonyl (C=O) groups excluding carboxylic acids is 2. The molecule has 6 heteroatoms. The highest BCUT2D eigenvalue weighted by atomic mass is 19.1. The fourth-order valence-corrected chi connectivity index (χ4v) is 3.04. The Hall–Kier alpha value is -2.89. The van der Waals surface area contributed by atoms with Crippen LogP contribution in [0.5, 0.6) is 0 Å². The minimum Gasteiger partial charge on any atom is -0.368 e. The summed E-state index contributed by atoms with van der Waals surface area (Å²) < 4.78 is 12.9. The van der Waals surface area contributed by atoms with Crippen LogP contribution in [0.3, 0.4) is 0 Å². The monoisotopic (exact) mass is 355 g/mol. The minimum atomic E-state index is -0.629. The molecule has 1 aliphatic rings. The van der Waals surface area contributed by atoms with Gasteiger partial charge in [0.2, 0.25) is 5.91 Å². The molecule has 2 amide bonds. The number of para-hydroxylation sites is 1. The van der Waals surface area contributed by atoms with Gasteiger partial charge in [-0.05, 0) is 43.3 Å². The number of rotatable bonds is 4. The first-order valence-electron chi connectivity index (χ1n) is 8.70. The molecule has 0 aliphatic carbocycles. The molecular weight excluding hydrogens is 333 g/mol. The highest BCUT2D eigenvalue weighted by Gasteiger charge is 2.26. The van der Waals surface area contributed by atoms with Gasteiger partial charge in [-0.2, -0.15) is 0 Å². The second kappa shape index (κ2) is 7.99. The standard InChI is InChI=1S/C20H22FN3O2/c1-15(22-19(25)16-7-9-17(21)10-8-16)20(26)24-13-11-23(12-14-24)18-5-3-2-4-6-18/h2-10,15H,11-14H2,1H3,(H,22,25)/t15-/m0/s1. The fourth-order valence-electron chi connectivity index (χ4n) is 3.04. The van der Waals surface area contributed by atoms with Crippen LogP contribution in [-0.2, 0) is 4.79 Å². The fraction of sp³-hybridized carbons (Fsp3) is 0.300. The first kappa shape index (κ1) is 17.9. The number of nitrogens with zero attached hydrogens (tertiary/aromatic N) is 2. The molecule has 5 nitrogen and oxygen atoms in total. The van der Waals surface area contributed by atoms with Gasteiger partial charge < -0.3 is 15.1 Å². The maximum absolute atomic E-state index is 12.9. The lowest BCUT2D eigenvalue weighted by Gasteiger charge is -2.37. The average Bonchev–Trinajstić information content (AvgIpc) is 2.68. The molecule has 0 radical (unpaired) electrons. The van der Waals surface area contributed by atoms with Gasteiger partial charge in [0.15, 0.2) is 0 Å². The Morgan fingerprint density at radius 2 is 1.58 bits per heavy atom. The highest BCUT2D eigenvalue weighted by molar-refractivity contribution is 5.97. The molecule has 26 heavy (non-hydrogen) atoms. The van der Waals surface area contributed by atoms with Crippen molar-refractivity contribution in [1.29, 1.82) is 0 Å². The van der Waals surface area contributed by atoms with Gasteiger partial charge in [0.05, 0.1) is 0 Å². The maximum atomic E-state index is 12.9. The zero-order chi connectivity index (χ0) is 18.5. The van der Waals surface area contributed by atoms with Crippen LogP contribution in [0.2, 0.25) is 0 Å². The Morgan fingerprint density at radius 1 is 0.962 bits per heavy atom. The molecule has 0 spiro atoms. The van der Waals surface area contributed by atoms with E-state index in [1.807, 2.05) is 18.2 Å². The molecule has 1 heterocycles. The molecule has 136 valence electrons. The molecule has 1 saturated heterocycles. The van der Waals surface area contributed by atoms with E-state index in [0.717, 1.165) is 18.8 Å². The summed E-state index contributed by atoms with van der Waals surface area (Å²) in [5, 5.41) is 2.69. The van der Waals surface area contributed by atoms with Gasteiger partial charge in [0.25, 0.3) is 5.91 Å². The summed E-state index contributed by atoms with van der Waals surface area (Å²) in [6.07, 6.45) is 0. The van der Waals surface area contributed by atoms with E-state index in [9.17, 15) is 14.0 Å². The third kappa shape index (κ3) is 4.20. The second-order valence-electron chi connectivity index (χ2n) is 6.35. The normalized spacial score (nSPS) is 15.5. The van der Waals surface area contributed by atoms with Crippen molar-refractivity contribution in [3.63, 3.8) is 0 Å². The molecule has 1 atom stereocenters. The van der Waals surface area contributed by atoms with Gasteiger partial charge in [-0.15, -0.1) is 0 Å². The number of hydrogen-bond donors (Lipinski definition) is 1. The van der Waals surface area contributed by atoms with Gasteiger partial charge in [0.1, 0.15) is 11.9 Å². The molecule has 1 aliphatic heterocycles. The summed E-state index contributed by atoms with van der Waals surface area (Å²) in [7, 11) is 0. The summed E-state index contributed by atoms with van der Waals surface area (Å²) >= 11 is 0. The first-order chi connectivity index (χ1) is 12.5. The molecule has 0 aromatic heterocycles. The SMILES string of the molecule is C[C@H](NC(=O)c1ccc(F)cc1)C(=O)N1CCN(c2ccccc2)CC1. The lowest BCUT2D eigenvalue weighted by Crippen LogP contribution is -2.54. The van der Waals surface area contributed by atoms with Crippen molar-refractivity contribution in [2.24, 2.45) is 0 Å². The van der Waals surface area contributed by atoms with E-state index in [4.69, 9.17) is 0 Å². The summed E-state index contributed by atoms with van der Waals surface area (Å²) in [5.74, 6) is -0.885. The molecule has 1 fully saturated rings. The number of hydrogen-bond acceptors (Lipinski definition) is 3. The molecule has 3 rings (SSSR count). The minimum absolute atomic E-state index is 0.104. The summed E-state index contributed by atoms with van der Waals surface area (Å²) in [5.41, 5.74) is 1.48. The highest BCUT2D eigenvalue weighted by Crippen LogP contribution is 2.16. The van der Waals surface area contributed by atoms with Crippen molar-refractivity contribution in [2.75, 3.05) is 31.1 Å². The molecule has 0 unspecified atom stereocenters. The third-order valence-electron chi connectivity index (χ3n) is 4.54. The summed E-state index contributed by atoms with van der Waals surface area (Å²) in [4.78, 5) is 28.8. The first-order valence-corrected chi connectivity index (χ1v) is 8.70. The summed E-state index contributed by atoms with van der Waals surface area (Å²) in [6.45, 7) is 4.42. The van der Waals surface area contributed by atoms with Crippen LogP contribution in [0.4, 0.5) is 10.1 Å². The summed E-state index contributed by atoms with van der Waals surface area (Å²) in [6, 6.07) is 14.7. The van der Waals surface area contributed by atoms with E-state index in [1.165, 1.54) is 24.3 Å². The number of benzene rings is 2. The molecule has 2 aromatic rings. The Bertz CT molecular complexity index is 756. The van der Waals surface area contributed by atoms with Crippen molar-refractivity contribution in [1.82, 2.24) is 10.2 Å². The van der Waals surface area contributed by atoms with Crippen LogP contribution in [0.1, 0.15) is 17.3 Å². The number of nitrogens with one attached hydrogen (secondary N) is 1. The molecule has 0 bridgehead atoms. The van der Waals surface area contributed by atoms with Crippen molar-refractivity contribution < 1.29 is 14.0 Å². The van der Waals surface area contributed by atoms with E-state index in [0.29, 0.717) is 18.7 Å². The predicted molar refractivity (Wildman–Crippen MR) is 98.6 cm³/mol. The van der Waals surface area contributed by atoms with Crippen LogP contribution in [0.15, 0.2) is 54.6 Å². The van der Waals surface area contributed by atoms with Crippen LogP contribution in [-0.4, -0.2) is 48.9 Å². The smallest absolute Gasteiger partial charge is 0.251 e. The van der Waals surface area contributed by atoms with Gasteiger partial charge in [0, 0.05) is 37.4 Å². The second-order valence-corrected chi connectivity index (χ2v) is 6.35. The number of piperazine rings is 1. The Labute approximate surface area is 152 Å². The average molecular weight is 355 g/mol. The zero-order valence-corrected chi connectivity index (χ0v) is 14.7. The van der Waals surface area contributed by atoms with Crippen LogP contribution < -0.4 is 10.2 Å². The Kier molecular flexibility index (Phi) is 5.51. The zero-order valence-electron chi connectivity index (χ0n) is 14.7. The van der Waals surface area contributed by atoms with Crippen molar-refractivity contribution >= 4 is 17.5 Å². The van der Waals surface area contributed by atoms with Crippen LogP contribution in [0, 0.1) is 5.82 Å². The van der Waals surface area contributed by atoms with E-state index < -0.39 is 11.9 Å². The van der Waals surface area contributed by atoms with Crippen molar-refractivity contribution in [2.45, 2.75) is 13.0 Å². The van der Waals surface area contributed by atoms with E-state index in [2.05, 4.69) is 22.3 Å². The third-order valence-corrected chi connectivity index (χ3v) is 4.54. The van der Waals surface area contributed by atoms with Crippen LogP contribution >= 0.6 is 0 Å². The maximum Gasteiger partial charge on any atom is 0.251 e. The Balaban J connectivity index is 1.53. The predicted octanol–water partition coefficient (Wildman–Crippen LogP) is 2.29. The van der Waals surface area contributed by atoms with E-state index in [-0.39, 0.29) is 11.8 Å². The molecule has 2 aromatic carbocycles. The topological polar surface area (TPSA) is 52.7 Å². The largest absolute Gasteiger partial charge is 0.368 e. The Morgan fingerprint density at radius 3 is 2.19 bits per heavy atom. The number of carbonyl (C=O) groups is 2. The lowest BCUT2D eigenvalue weighted by molar-refractivity contribution is -0.133. The van der Waals surface area contributed by atoms with Gasteiger partial charge in [-0.1, -0.05) is 18.2 Å². The number of halogens is 1. The van der Waals surface area contributed by atoms with E-state index in [1.54, 1.807) is 11.8 Å². The van der Waals surface area contributed by atoms with Crippen LogP contribution in [0.25, 0.3) is 0 Å². The number of anilines is 1. The molecule has 0 saturated carbocycles. The van der Waals surface area contributed by atoms with E-state index >= 15 is 0 Å². The number of amides is 2. The van der Waals surface area contributed by atoms with Crippen molar-refractivity contribution in [3.05, 3.63) is 66.0 Å². The van der Waals surface area contributed by atoms with Gasteiger partial charge in [-0.25, -0.2) is 4.39 Å². The van der Waals surface area contributed by atoms with Gasteiger partial charge >= 0.3 is 0 Å². The molecule has 1 N–H and O–H groups in total. The quantitative estimate of drug-likeness (QED) is 0.916. The van der Waals surface area contributed by atoms with Gasteiger partial charge in [-0.3, -0.25) is 9.59 Å².